The van der Waals surface area contributed by atoms with Crippen LogP contribution in [0.1, 0.15) is 5.56 Å². The van der Waals surface area contributed by atoms with Crippen molar-refractivity contribution in [3.63, 3.8) is 0 Å². The fourth-order valence-electron chi connectivity index (χ4n) is 1.47. The highest BCUT2D eigenvalue weighted by Gasteiger charge is 2.23. The molecule has 0 bridgehead atoms. The number of aromatic nitrogens is 1. The summed E-state index contributed by atoms with van der Waals surface area (Å²) in [5.74, 6) is -0.186. The molecule has 2 rings (SSSR count). The number of amidine groups is 1. The van der Waals surface area contributed by atoms with Gasteiger partial charge in [0.1, 0.15) is 0 Å². The Bertz CT molecular complexity index is 607. The number of oxime groups is 1. The van der Waals surface area contributed by atoms with Crippen molar-refractivity contribution in [1.82, 2.24) is 4.98 Å². The van der Waals surface area contributed by atoms with E-state index in [-0.39, 0.29) is 16.4 Å². The summed E-state index contributed by atoms with van der Waals surface area (Å²) in [4.78, 5) is 4.59. The summed E-state index contributed by atoms with van der Waals surface area (Å²) in [6.07, 6.45) is 1.37. The van der Waals surface area contributed by atoms with Gasteiger partial charge < -0.3 is 15.5 Å². The van der Waals surface area contributed by atoms with E-state index in [4.69, 9.17) is 22.5 Å². The topological polar surface area (TPSA) is 94.6 Å². The third-order valence-electron chi connectivity index (χ3n) is 2.33. The first kappa shape index (κ1) is 13.7. The van der Waals surface area contributed by atoms with E-state index in [1.54, 1.807) is 24.3 Å². The summed E-state index contributed by atoms with van der Waals surface area (Å²) >= 11 is 4.28. The standard InChI is InChI=1S/C12H10ClN3O2S/c13-8-6-10(11(14)16-17)12(15-7-8)19(18)9-4-2-1-3-5-9/h1-7,17H,(H2,14,16). The van der Waals surface area contributed by atoms with Crippen LogP contribution in [-0.2, 0) is 11.2 Å². The highest BCUT2D eigenvalue weighted by molar-refractivity contribution is 7.91. The van der Waals surface area contributed by atoms with Crippen molar-refractivity contribution < 1.29 is 9.76 Å². The van der Waals surface area contributed by atoms with Gasteiger partial charge in [-0.25, -0.2) is 4.98 Å². The molecule has 0 spiro atoms. The lowest BCUT2D eigenvalue weighted by Crippen LogP contribution is -2.19. The molecule has 7 heteroatoms. The number of pyridine rings is 1. The van der Waals surface area contributed by atoms with Crippen LogP contribution in [0.3, 0.4) is 0 Å². The molecule has 1 atom stereocenters. The zero-order chi connectivity index (χ0) is 13.8. The first-order valence-electron chi connectivity index (χ1n) is 5.23. The van der Waals surface area contributed by atoms with Crippen LogP contribution in [0, 0.1) is 0 Å². The van der Waals surface area contributed by atoms with Crippen LogP contribution in [0.25, 0.3) is 0 Å². The molecule has 0 amide bonds. The number of nitrogens with zero attached hydrogens (tertiary/aromatic N) is 2. The lowest BCUT2D eigenvalue weighted by molar-refractivity contribution is 0.318. The number of halogens is 1. The molecule has 3 N–H and O–H groups in total. The average molecular weight is 296 g/mol. The van der Waals surface area contributed by atoms with E-state index in [0.29, 0.717) is 9.92 Å². The maximum atomic E-state index is 12.4. The Kier molecular flexibility index (Phi) is 4.26. The van der Waals surface area contributed by atoms with Crippen molar-refractivity contribution in [2.24, 2.45) is 10.9 Å². The van der Waals surface area contributed by atoms with Gasteiger partial charge in [0.05, 0.1) is 16.8 Å². The highest BCUT2D eigenvalue weighted by Crippen LogP contribution is 2.24. The quantitative estimate of drug-likeness (QED) is 0.298. The highest BCUT2D eigenvalue weighted by atomic mass is 35.5. The smallest absolute Gasteiger partial charge is 0.261 e. The molecule has 19 heavy (non-hydrogen) atoms. The molecule has 1 unspecified atom stereocenters. The van der Waals surface area contributed by atoms with Gasteiger partial charge in [-0.1, -0.05) is 35.0 Å². The lowest BCUT2D eigenvalue weighted by atomic mass is 10.3. The molecule has 0 saturated heterocycles. The van der Waals surface area contributed by atoms with Gasteiger partial charge >= 0.3 is 0 Å². The number of nitrogens with two attached hydrogens (primary N) is 1. The van der Waals surface area contributed by atoms with E-state index in [1.807, 2.05) is 6.07 Å². The van der Waals surface area contributed by atoms with Crippen molar-refractivity contribution in [3.05, 3.63) is 53.2 Å². The Morgan fingerprint density at radius 3 is 2.68 bits per heavy atom. The fraction of sp³-hybridized carbons (Fsp3) is 0. The zero-order valence-electron chi connectivity index (χ0n) is 9.65. The van der Waals surface area contributed by atoms with E-state index in [0.717, 1.165) is 0 Å². The molecule has 1 heterocycles. The average Bonchev–Trinajstić information content (AvgIpc) is 2.46. The van der Waals surface area contributed by atoms with Gasteiger partial charge in [-0.2, -0.15) is 0 Å². The molecule has 2 aromatic rings. The molecule has 0 radical (unpaired) electrons. The maximum absolute atomic E-state index is 12.4. The van der Waals surface area contributed by atoms with Gasteiger partial charge in [0.15, 0.2) is 10.7 Å². The minimum atomic E-state index is -1.53. The molecule has 98 valence electrons. The predicted octanol–water partition coefficient (Wildman–Crippen LogP) is 2.00. The van der Waals surface area contributed by atoms with Crippen LogP contribution in [0.15, 0.2) is 57.7 Å². The molecular formula is C12H10ClN3O2S. The second-order valence-corrected chi connectivity index (χ2v) is 5.41. The maximum Gasteiger partial charge on any atom is 0.261 e. The minimum absolute atomic E-state index is 0.186. The zero-order valence-corrected chi connectivity index (χ0v) is 11.2. The molecule has 5 nitrogen and oxygen atoms in total. The molecule has 0 fully saturated rings. The number of hydrogen-bond acceptors (Lipinski definition) is 4. The van der Waals surface area contributed by atoms with Crippen LogP contribution in [0.5, 0.6) is 0 Å². The first-order chi connectivity index (χ1) is 9.13. The van der Waals surface area contributed by atoms with E-state index in [2.05, 4.69) is 10.1 Å². The van der Waals surface area contributed by atoms with Gasteiger partial charge in [0.2, 0.25) is 0 Å². The minimum Gasteiger partial charge on any atom is -0.605 e. The molecule has 0 aliphatic heterocycles. The monoisotopic (exact) mass is 295 g/mol. The second kappa shape index (κ2) is 5.92. The van der Waals surface area contributed by atoms with Gasteiger partial charge in [-0.05, 0) is 18.2 Å². The van der Waals surface area contributed by atoms with Crippen LogP contribution >= 0.6 is 11.6 Å². The third kappa shape index (κ3) is 2.98. The summed E-state index contributed by atoms with van der Waals surface area (Å²) in [5, 5.41) is 12.2. The summed E-state index contributed by atoms with van der Waals surface area (Å²) in [5.41, 5.74) is 5.79. The summed E-state index contributed by atoms with van der Waals surface area (Å²) in [6, 6.07) is 10.2. The van der Waals surface area contributed by atoms with E-state index in [1.165, 1.54) is 12.3 Å². The fourth-order valence-corrected chi connectivity index (χ4v) is 2.76. The molecule has 1 aromatic carbocycles. The van der Waals surface area contributed by atoms with Crippen molar-refractivity contribution in [2.75, 3.05) is 0 Å². The van der Waals surface area contributed by atoms with E-state index in [9.17, 15) is 4.55 Å². The van der Waals surface area contributed by atoms with Crippen molar-refractivity contribution in [1.29, 1.82) is 0 Å². The van der Waals surface area contributed by atoms with E-state index < -0.39 is 11.2 Å². The lowest BCUT2D eigenvalue weighted by Gasteiger charge is -2.11. The number of benzene rings is 1. The third-order valence-corrected chi connectivity index (χ3v) is 3.92. The Morgan fingerprint density at radius 2 is 2.05 bits per heavy atom. The van der Waals surface area contributed by atoms with Gasteiger partial charge in [0, 0.05) is 11.2 Å². The summed E-state index contributed by atoms with van der Waals surface area (Å²) in [6.45, 7) is 0. The van der Waals surface area contributed by atoms with Gasteiger partial charge in [0.25, 0.3) is 5.03 Å². The summed E-state index contributed by atoms with van der Waals surface area (Å²) < 4.78 is 12.4. The van der Waals surface area contributed by atoms with Crippen molar-refractivity contribution >= 4 is 28.6 Å². The molecular weight excluding hydrogens is 286 g/mol. The van der Waals surface area contributed by atoms with Crippen LogP contribution in [0.2, 0.25) is 5.02 Å². The van der Waals surface area contributed by atoms with Crippen LogP contribution in [0.4, 0.5) is 0 Å². The van der Waals surface area contributed by atoms with E-state index >= 15 is 0 Å². The number of hydrogen-bond donors (Lipinski definition) is 2. The van der Waals surface area contributed by atoms with Crippen LogP contribution < -0.4 is 5.73 Å². The Hall–Kier alpha value is -1.76. The van der Waals surface area contributed by atoms with Crippen molar-refractivity contribution in [3.8, 4) is 0 Å². The first-order valence-corrected chi connectivity index (χ1v) is 6.76. The Labute approximate surface area is 117 Å². The SMILES string of the molecule is NC(=NO)c1cc(Cl)cnc1[S+]([O-])c1ccccc1. The number of rotatable bonds is 3. The van der Waals surface area contributed by atoms with Crippen molar-refractivity contribution in [2.45, 2.75) is 9.92 Å². The molecule has 0 aliphatic rings. The molecule has 0 aliphatic carbocycles. The predicted molar refractivity (Wildman–Crippen MR) is 72.9 cm³/mol. The second-order valence-electron chi connectivity index (χ2n) is 3.57. The Balaban J connectivity index is 2.50. The normalized spacial score (nSPS) is 13.3. The van der Waals surface area contributed by atoms with Gasteiger partial charge in [-0.3, -0.25) is 0 Å². The summed E-state index contributed by atoms with van der Waals surface area (Å²) in [7, 11) is 0. The largest absolute Gasteiger partial charge is 0.605 e. The Morgan fingerprint density at radius 1 is 1.37 bits per heavy atom. The van der Waals surface area contributed by atoms with Crippen LogP contribution in [-0.4, -0.2) is 20.6 Å². The molecule has 0 saturated carbocycles. The van der Waals surface area contributed by atoms with Gasteiger partial charge in [-0.15, -0.1) is 0 Å². The molecule has 1 aromatic heterocycles.